The van der Waals surface area contributed by atoms with Crippen LogP contribution in [0.3, 0.4) is 0 Å². The molecule has 0 heterocycles. The van der Waals surface area contributed by atoms with Gasteiger partial charge in [0.05, 0.1) is 6.61 Å². The fourth-order valence-electron chi connectivity index (χ4n) is 3.54. The molecule has 0 bridgehead atoms. The Morgan fingerprint density at radius 2 is 1.24 bits per heavy atom. The minimum absolute atomic E-state index is 0.0231. The molecular formula is C34H55NO5Si. The van der Waals surface area contributed by atoms with Crippen molar-refractivity contribution in [3.63, 3.8) is 0 Å². The number of carboxylic acids is 1. The lowest BCUT2D eigenvalue weighted by Gasteiger charge is -2.17. The van der Waals surface area contributed by atoms with E-state index in [-0.39, 0.29) is 18.9 Å². The van der Waals surface area contributed by atoms with Gasteiger partial charge in [0.1, 0.15) is 0 Å². The van der Waals surface area contributed by atoms with Crippen molar-refractivity contribution in [2.24, 2.45) is 5.92 Å². The molecule has 0 saturated heterocycles. The molecule has 0 aliphatic rings. The van der Waals surface area contributed by atoms with Crippen molar-refractivity contribution in [1.82, 2.24) is 5.32 Å². The first kappa shape index (κ1) is 38.1. The van der Waals surface area contributed by atoms with Crippen molar-refractivity contribution in [3.05, 3.63) is 72.9 Å². The third kappa shape index (κ3) is 27.0. The highest BCUT2D eigenvalue weighted by molar-refractivity contribution is 6.76. The number of esters is 1. The molecule has 1 unspecified atom stereocenters. The minimum atomic E-state index is -1.34. The number of rotatable bonds is 24. The first-order valence-electron chi connectivity index (χ1n) is 15.2. The molecule has 0 aromatic carbocycles. The third-order valence-electron chi connectivity index (χ3n) is 6.06. The zero-order valence-electron chi connectivity index (χ0n) is 26.0. The number of carboxylic acid groups (broad SMARTS) is 1. The number of ether oxygens (including phenoxy) is 1. The SMILES string of the molecule is CC/C=C\C/C=C\C/C=C\C/C=C\C/C=C\C/C=C\CCC(=O)NCCCCC(C(=O)O)C(=O)OCC[Si](C)(C)C. The molecule has 41 heavy (non-hydrogen) atoms. The Kier molecular flexibility index (Phi) is 24.1. The summed E-state index contributed by atoms with van der Waals surface area (Å²) in [6.07, 6.45) is 34.1. The summed E-state index contributed by atoms with van der Waals surface area (Å²) in [6, 6.07) is 0.815. The molecule has 0 radical (unpaired) electrons. The molecule has 230 valence electrons. The third-order valence-corrected chi connectivity index (χ3v) is 7.76. The summed E-state index contributed by atoms with van der Waals surface area (Å²) in [5.41, 5.74) is 0. The molecule has 0 rings (SSSR count). The Morgan fingerprint density at radius 1 is 0.756 bits per heavy atom. The van der Waals surface area contributed by atoms with E-state index in [1.807, 2.05) is 6.08 Å². The van der Waals surface area contributed by atoms with Gasteiger partial charge < -0.3 is 15.2 Å². The number of nitrogens with one attached hydrogen (secondary N) is 1. The van der Waals surface area contributed by atoms with Crippen LogP contribution in [0.5, 0.6) is 0 Å². The Morgan fingerprint density at radius 3 is 1.71 bits per heavy atom. The largest absolute Gasteiger partial charge is 0.481 e. The van der Waals surface area contributed by atoms with Gasteiger partial charge in [-0.05, 0) is 63.8 Å². The van der Waals surface area contributed by atoms with Crippen LogP contribution in [-0.2, 0) is 19.1 Å². The van der Waals surface area contributed by atoms with Crippen molar-refractivity contribution in [2.45, 2.75) is 103 Å². The second kappa shape index (κ2) is 26.0. The minimum Gasteiger partial charge on any atom is -0.481 e. The standard InChI is InChI=1S/C34H55NO5Si/c1-5-6-7-8-9-10-11-12-13-14-15-16-17-18-19-20-21-22-23-27-32(36)35-28-25-24-26-31(33(37)38)34(39)40-29-30-41(2,3)4/h6-7,9-10,12-13,15-16,18-19,21-22,31H,5,8,11,14,17,20,23-30H2,1-4H3,(H,35,36)(H,37,38)/b7-6-,10-9-,13-12-,16-15-,19-18-,22-21-. The number of carbonyl (C=O) groups excluding carboxylic acids is 2. The number of unbranched alkanes of at least 4 members (excludes halogenated alkanes) is 1. The Hall–Kier alpha value is -2.93. The first-order valence-corrected chi connectivity index (χ1v) is 18.9. The monoisotopic (exact) mass is 585 g/mol. The van der Waals surface area contributed by atoms with Crippen molar-refractivity contribution >= 4 is 25.9 Å². The lowest BCUT2D eigenvalue weighted by molar-refractivity contribution is -0.158. The molecule has 2 N–H and O–H groups in total. The molecule has 0 fully saturated rings. The first-order chi connectivity index (χ1) is 19.7. The number of aliphatic carboxylic acids is 1. The van der Waals surface area contributed by atoms with Gasteiger partial charge in [-0.1, -0.05) is 106 Å². The molecule has 0 aliphatic carbocycles. The predicted octanol–water partition coefficient (Wildman–Crippen LogP) is 8.33. The van der Waals surface area contributed by atoms with Crippen LogP contribution in [0.15, 0.2) is 72.9 Å². The summed E-state index contributed by atoms with van der Waals surface area (Å²) in [7, 11) is -1.34. The van der Waals surface area contributed by atoms with E-state index in [9.17, 15) is 19.5 Å². The number of carbonyl (C=O) groups is 3. The second-order valence-corrected chi connectivity index (χ2v) is 16.8. The van der Waals surface area contributed by atoms with Gasteiger partial charge in [0.15, 0.2) is 5.92 Å². The van der Waals surface area contributed by atoms with Crippen LogP contribution in [0, 0.1) is 5.92 Å². The summed E-state index contributed by atoms with van der Waals surface area (Å²) in [5, 5.41) is 12.2. The van der Waals surface area contributed by atoms with E-state index in [0.29, 0.717) is 32.2 Å². The molecule has 6 nitrogen and oxygen atoms in total. The Bertz CT molecular complexity index is 893. The Labute approximate surface area is 250 Å². The Balaban J connectivity index is 3.84. The summed E-state index contributed by atoms with van der Waals surface area (Å²) < 4.78 is 5.19. The number of hydrogen-bond donors (Lipinski definition) is 2. The summed E-state index contributed by atoms with van der Waals surface area (Å²) in [5.74, 6) is -2.97. The fourth-order valence-corrected chi connectivity index (χ4v) is 4.26. The van der Waals surface area contributed by atoms with Gasteiger partial charge in [0.25, 0.3) is 0 Å². The number of hydrogen-bond acceptors (Lipinski definition) is 4. The van der Waals surface area contributed by atoms with Crippen LogP contribution in [0.25, 0.3) is 0 Å². The van der Waals surface area contributed by atoms with E-state index >= 15 is 0 Å². The summed E-state index contributed by atoms with van der Waals surface area (Å²) >= 11 is 0. The highest BCUT2D eigenvalue weighted by atomic mass is 28.3. The molecule has 0 spiro atoms. The summed E-state index contributed by atoms with van der Waals surface area (Å²) in [4.78, 5) is 35.6. The van der Waals surface area contributed by atoms with Crippen LogP contribution < -0.4 is 5.32 Å². The molecule has 0 aromatic rings. The molecular weight excluding hydrogens is 530 g/mol. The molecule has 7 heteroatoms. The van der Waals surface area contributed by atoms with E-state index in [1.165, 1.54) is 0 Å². The average Bonchev–Trinajstić information content (AvgIpc) is 2.90. The topological polar surface area (TPSA) is 92.7 Å². The van der Waals surface area contributed by atoms with Gasteiger partial charge in [-0.2, -0.15) is 0 Å². The van der Waals surface area contributed by atoms with Gasteiger partial charge in [-0.3, -0.25) is 14.4 Å². The molecule has 1 amide bonds. The normalized spacial score (nSPS) is 13.5. The molecule has 1 atom stereocenters. The van der Waals surface area contributed by atoms with Gasteiger partial charge >= 0.3 is 11.9 Å². The molecule has 0 aromatic heterocycles. The van der Waals surface area contributed by atoms with Crippen molar-refractivity contribution < 1.29 is 24.2 Å². The van der Waals surface area contributed by atoms with E-state index in [2.05, 4.69) is 98.7 Å². The van der Waals surface area contributed by atoms with Gasteiger partial charge in [0.2, 0.25) is 5.91 Å². The van der Waals surface area contributed by atoms with Crippen molar-refractivity contribution in [2.75, 3.05) is 13.2 Å². The predicted molar refractivity (Wildman–Crippen MR) is 175 cm³/mol. The highest BCUT2D eigenvalue weighted by Crippen LogP contribution is 2.13. The maximum absolute atomic E-state index is 12.1. The van der Waals surface area contributed by atoms with E-state index in [1.54, 1.807) is 0 Å². The average molecular weight is 586 g/mol. The van der Waals surface area contributed by atoms with E-state index in [4.69, 9.17) is 4.74 Å². The second-order valence-electron chi connectivity index (χ2n) is 11.2. The highest BCUT2D eigenvalue weighted by Gasteiger charge is 2.27. The van der Waals surface area contributed by atoms with Crippen LogP contribution in [-0.4, -0.2) is 44.2 Å². The summed E-state index contributed by atoms with van der Waals surface area (Å²) in [6.45, 7) is 9.42. The zero-order chi connectivity index (χ0) is 30.6. The lowest BCUT2D eigenvalue weighted by Crippen LogP contribution is -2.29. The molecule has 0 saturated carbocycles. The number of allylic oxidation sites excluding steroid dienone is 12. The van der Waals surface area contributed by atoms with Crippen LogP contribution in [0.2, 0.25) is 25.7 Å². The number of amides is 1. The fraction of sp³-hybridized carbons (Fsp3) is 0.559. The van der Waals surface area contributed by atoms with Crippen LogP contribution in [0.4, 0.5) is 0 Å². The maximum Gasteiger partial charge on any atom is 0.320 e. The van der Waals surface area contributed by atoms with Gasteiger partial charge in [0, 0.05) is 21.0 Å². The zero-order valence-corrected chi connectivity index (χ0v) is 27.0. The van der Waals surface area contributed by atoms with Crippen molar-refractivity contribution in [3.8, 4) is 0 Å². The quantitative estimate of drug-likeness (QED) is 0.0390. The lowest BCUT2D eigenvalue weighted by atomic mass is 10.0. The molecule has 0 aliphatic heterocycles. The van der Waals surface area contributed by atoms with Gasteiger partial charge in [-0.15, -0.1) is 0 Å². The van der Waals surface area contributed by atoms with Crippen molar-refractivity contribution in [1.29, 1.82) is 0 Å². The van der Waals surface area contributed by atoms with Crippen LogP contribution in [0.1, 0.15) is 77.6 Å². The maximum atomic E-state index is 12.1. The van der Waals surface area contributed by atoms with E-state index < -0.39 is 25.9 Å². The van der Waals surface area contributed by atoms with Crippen LogP contribution >= 0.6 is 0 Å². The smallest absolute Gasteiger partial charge is 0.320 e. The van der Waals surface area contributed by atoms with Gasteiger partial charge in [-0.25, -0.2) is 0 Å². The van der Waals surface area contributed by atoms with E-state index in [0.717, 1.165) is 44.6 Å².